The highest BCUT2D eigenvalue weighted by molar-refractivity contribution is 5.18. The molecule has 72 valence electrons. The van der Waals surface area contributed by atoms with Crippen molar-refractivity contribution in [3.63, 3.8) is 0 Å². The molecule has 13 heavy (non-hydrogen) atoms. The molecule has 0 aromatic carbocycles. The topological polar surface area (TPSA) is 38.1 Å². The predicted molar refractivity (Wildman–Crippen MR) is 37.2 cm³/mol. The van der Waals surface area contributed by atoms with E-state index in [2.05, 4.69) is 5.10 Å². The number of hydrogen-bond acceptors (Lipinski definition) is 2. The number of aromatic nitrogens is 2. The van der Waals surface area contributed by atoms with Gasteiger partial charge in [-0.1, -0.05) is 0 Å². The van der Waals surface area contributed by atoms with E-state index in [9.17, 15) is 13.2 Å². The Bertz CT molecular complexity index is 327. The van der Waals surface area contributed by atoms with Crippen molar-refractivity contribution in [3.8, 4) is 5.88 Å². The standard InChI is InChI=1S/C7H7F3N2O/c8-7(9,10)5-3-6(13)12(11-5)4-1-2-4/h3-4,13H,1-2H2. The highest BCUT2D eigenvalue weighted by atomic mass is 19.4. The van der Waals surface area contributed by atoms with E-state index >= 15 is 0 Å². The number of aromatic hydroxyl groups is 1. The van der Waals surface area contributed by atoms with Crippen molar-refractivity contribution in [2.24, 2.45) is 0 Å². The lowest BCUT2D eigenvalue weighted by molar-refractivity contribution is -0.141. The molecule has 0 bridgehead atoms. The van der Waals surface area contributed by atoms with E-state index in [0.717, 1.165) is 17.5 Å². The second-order valence-corrected chi connectivity index (χ2v) is 3.06. The fourth-order valence-corrected chi connectivity index (χ4v) is 1.11. The fraction of sp³-hybridized carbons (Fsp3) is 0.571. The Morgan fingerprint density at radius 1 is 1.46 bits per heavy atom. The minimum Gasteiger partial charge on any atom is -0.493 e. The van der Waals surface area contributed by atoms with Gasteiger partial charge < -0.3 is 5.11 Å². The third-order valence-electron chi connectivity index (χ3n) is 1.90. The van der Waals surface area contributed by atoms with Crippen LogP contribution < -0.4 is 0 Å². The van der Waals surface area contributed by atoms with Crippen LogP contribution in [-0.2, 0) is 6.18 Å². The first-order chi connectivity index (χ1) is 5.98. The van der Waals surface area contributed by atoms with Gasteiger partial charge in [0.15, 0.2) is 5.69 Å². The molecule has 0 radical (unpaired) electrons. The minimum atomic E-state index is -4.47. The second-order valence-electron chi connectivity index (χ2n) is 3.06. The molecule has 0 amide bonds. The van der Waals surface area contributed by atoms with Crippen molar-refractivity contribution >= 4 is 0 Å². The molecule has 1 saturated carbocycles. The Labute approximate surface area is 71.8 Å². The maximum Gasteiger partial charge on any atom is 0.435 e. The summed E-state index contributed by atoms with van der Waals surface area (Å²) in [4.78, 5) is 0. The van der Waals surface area contributed by atoms with Crippen LogP contribution in [0.15, 0.2) is 6.07 Å². The molecule has 3 nitrogen and oxygen atoms in total. The maximum atomic E-state index is 12.1. The summed E-state index contributed by atoms with van der Waals surface area (Å²) in [6.07, 6.45) is -2.91. The number of hydrogen-bond donors (Lipinski definition) is 1. The lowest BCUT2D eigenvalue weighted by atomic mass is 10.4. The highest BCUT2D eigenvalue weighted by Gasteiger charge is 2.37. The maximum absolute atomic E-state index is 12.1. The van der Waals surface area contributed by atoms with Gasteiger partial charge in [0.2, 0.25) is 5.88 Å². The van der Waals surface area contributed by atoms with Crippen LogP contribution >= 0.6 is 0 Å². The number of halogens is 3. The SMILES string of the molecule is Oc1cc(C(F)(F)F)nn1C1CC1. The van der Waals surface area contributed by atoms with E-state index in [1.807, 2.05) is 0 Å². The van der Waals surface area contributed by atoms with Gasteiger partial charge in [0.1, 0.15) is 0 Å². The Kier molecular flexibility index (Phi) is 1.55. The highest BCUT2D eigenvalue weighted by Crippen LogP contribution is 2.39. The Morgan fingerprint density at radius 2 is 2.08 bits per heavy atom. The molecular weight excluding hydrogens is 185 g/mol. The van der Waals surface area contributed by atoms with Crippen molar-refractivity contribution in [1.29, 1.82) is 0 Å². The lowest BCUT2D eigenvalue weighted by Gasteiger charge is -2.00. The molecule has 1 fully saturated rings. The van der Waals surface area contributed by atoms with Gasteiger partial charge in [0.05, 0.1) is 6.04 Å². The fourth-order valence-electron chi connectivity index (χ4n) is 1.11. The normalized spacial score (nSPS) is 17.8. The van der Waals surface area contributed by atoms with Gasteiger partial charge in [-0.25, -0.2) is 4.68 Å². The van der Waals surface area contributed by atoms with Crippen LogP contribution in [0.4, 0.5) is 13.2 Å². The number of rotatable bonds is 1. The van der Waals surface area contributed by atoms with Crippen molar-refractivity contribution in [1.82, 2.24) is 9.78 Å². The van der Waals surface area contributed by atoms with Crippen LogP contribution in [0.5, 0.6) is 5.88 Å². The van der Waals surface area contributed by atoms with E-state index in [-0.39, 0.29) is 6.04 Å². The van der Waals surface area contributed by atoms with Crippen molar-refractivity contribution in [2.75, 3.05) is 0 Å². The van der Waals surface area contributed by atoms with E-state index in [4.69, 9.17) is 5.11 Å². The molecule has 1 N–H and O–H groups in total. The summed E-state index contributed by atoms with van der Waals surface area (Å²) >= 11 is 0. The minimum absolute atomic E-state index is 0.0453. The average Bonchev–Trinajstić information content (AvgIpc) is 2.73. The van der Waals surface area contributed by atoms with E-state index in [0.29, 0.717) is 6.07 Å². The molecule has 2 rings (SSSR count). The summed E-state index contributed by atoms with van der Waals surface area (Å²) in [7, 11) is 0. The summed E-state index contributed by atoms with van der Waals surface area (Å²) in [5, 5.41) is 12.4. The molecule has 0 atom stereocenters. The molecule has 1 aromatic heterocycles. The van der Waals surface area contributed by atoms with Gasteiger partial charge in [0.25, 0.3) is 0 Å². The van der Waals surface area contributed by atoms with Crippen molar-refractivity contribution < 1.29 is 18.3 Å². The Morgan fingerprint density at radius 3 is 2.46 bits per heavy atom. The largest absolute Gasteiger partial charge is 0.493 e. The quantitative estimate of drug-likeness (QED) is 0.738. The van der Waals surface area contributed by atoms with Gasteiger partial charge >= 0.3 is 6.18 Å². The molecule has 0 unspecified atom stereocenters. The summed E-state index contributed by atoms with van der Waals surface area (Å²) < 4.78 is 37.3. The summed E-state index contributed by atoms with van der Waals surface area (Å²) in [5.41, 5.74) is -1.03. The molecule has 0 saturated heterocycles. The zero-order valence-corrected chi connectivity index (χ0v) is 6.54. The first-order valence-corrected chi connectivity index (χ1v) is 3.84. The van der Waals surface area contributed by atoms with Crippen LogP contribution in [0.3, 0.4) is 0 Å². The average molecular weight is 192 g/mol. The molecule has 1 aromatic rings. The molecular formula is C7H7F3N2O. The monoisotopic (exact) mass is 192 g/mol. The zero-order chi connectivity index (χ0) is 9.64. The smallest absolute Gasteiger partial charge is 0.435 e. The van der Waals surface area contributed by atoms with Gasteiger partial charge in [0, 0.05) is 6.07 Å². The van der Waals surface area contributed by atoms with Gasteiger partial charge in [-0.15, -0.1) is 0 Å². The van der Waals surface area contributed by atoms with Crippen LogP contribution in [0.1, 0.15) is 24.6 Å². The number of alkyl halides is 3. The Hall–Kier alpha value is -1.20. The van der Waals surface area contributed by atoms with Crippen molar-refractivity contribution in [2.45, 2.75) is 25.1 Å². The lowest BCUT2D eigenvalue weighted by Crippen LogP contribution is -2.07. The molecule has 1 aliphatic carbocycles. The summed E-state index contributed by atoms with van der Waals surface area (Å²) in [6.45, 7) is 0. The van der Waals surface area contributed by atoms with E-state index < -0.39 is 17.8 Å². The van der Waals surface area contributed by atoms with Crippen LogP contribution in [0.25, 0.3) is 0 Å². The predicted octanol–water partition coefficient (Wildman–Crippen LogP) is 1.94. The third kappa shape index (κ3) is 1.48. The van der Waals surface area contributed by atoms with Gasteiger partial charge in [-0.3, -0.25) is 0 Å². The second kappa shape index (κ2) is 2.40. The summed E-state index contributed by atoms with van der Waals surface area (Å²) in [6, 6.07) is 0.606. The first-order valence-electron chi connectivity index (χ1n) is 3.84. The van der Waals surface area contributed by atoms with Gasteiger partial charge in [-0.05, 0) is 12.8 Å². The van der Waals surface area contributed by atoms with Crippen LogP contribution in [-0.4, -0.2) is 14.9 Å². The van der Waals surface area contributed by atoms with Gasteiger partial charge in [-0.2, -0.15) is 18.3 Å². The molecule has 0 aliphatic heterocycles. The first kappa shape index (κ1) is 8.40. The van der Waals surface area contributed by atoms with Crippen molar-refractivity contribution in [3.05, 3.63) is 11.8 Å². The number of nitrogens with zero attached hydrogens (tertiary/aromatic N) is 2. The summed E-state index contributed by atoms with van der Waals surface area (Å²) in [5.74, 6) is -0.408. The van der Waals surface area contributed by atoms with Crippen LogP contribution in [0, 0.1) is 0 Å². The van der Waals surface area contributed by atoms with E-state index in [1.54, 1.807) is 0 Å². The molecule has 1 aliphatic rings. The Balaban J connectivity index is 2.34. The zero-order valence-electron chi connectivity index (χ0n) is 6.54. The molecule has 0 spiro atoms. The molecule has 6 heteroatoms. The third-order valence-corrected chi connectivity index (χ3v) is 1.90. The van der Waals surface area contributed by atoms with E-state index in [1.165, 1.54) is 0 Å². The van der Waals surface area contributed by atoms with Crippen LogP contribution in [0.2, 0.25) is 0 Å². The molecule has 1 heterocycles.